The molecule has 2 nitrogen and oxygen atoms in total. The molecule has 3 heteroatoms. The fourth-order valence-corrected chi connectivity index (χ4v) is 2.81. The molecule has 0 amide bonds. The number of hydrogen-bond acceptors (Lipinski definition) is 2. The number of halogens is 1. The van der Waals surface area contributed by atoms with Gasteiger partial charge in [-0.3, -0.25) is 0 Å². The zero-order chi connectivity index (χ0) is 13.0. The molecule has 1 aromatic rings. The van der Waals surface area contributed by atoms with E-state index in [0.29, 0.717) is 12.6 Å². The standard InChI is InChI=1S/C15H23FN2/c1-18(14-6-4-2-3-5-7-14)15-9-12(11-17)8-13(16)10-15/h8-10,14H,2-7,11,17H2,1H3. The van der Waals surface area contributed by atoms with Crippen molar-refractivity contribution in [1.29, 1.82) is 0 Å². The molecule has 1 fully saturated rings. The quantitative estimate of drug-likeness (QED) is 0.833. The highest BCUT2D eigenvalue weighted by Gasteiger charge is 2.18. The van der Waals surface area contributed by atoms with Crippen LogP contribution in [0.15, 0.2) is 18.2 Å². The van der Waals surface area contributed by atoms with Gasteiger partial charge in [0.2, 0.25) is 0 Å². The van der Waals surface area contributed by atoms with Gasteiger partial charge in [-0.1, -0.05) is 25.7 Å². The van der Waals surface area contributed by atoms with E-state index in [1.54, 1.807) is 6.07 Å². The van der Waals surface area contributed by atoms with Crippen molar-refractivity contribution in [2.45, 2.75) is 51.1 Å². The SMILES string of the molecule is CN(c1cc(F)cc(CN)c1)C1CCCCCC1. The molecule has 100 valence electrons. The minimum Gasteiger partial charge on any atom is -0.372 e. The van der Waals surface area contributed by atoms with E-state index in [2.05, 4.69) is 11.9 Å². The molecule has 18 heavy (non-hydrogen) atoms. The van der Waals surface area contributed by atoms with Crippen LogP contribution < -0.4 is 10.6 Å². The van der Waals surface area contributed by atoms with Crippen molar-refractivity contribution in [2.75, 3.05) is 11.9 Å². The number of benzene rings is 1. The molecule has 1 aromatic carbocycles. The highest BCUT2D eigenvalue weighted by Crippen LogP contribution is 2.26. The Morgan fingerprint density at radius 3 is 2.44 bits per heavy atom. The number of rotatable bonds is 3. The molecule has 0 radical (unpaired) electrons. The summed E-state index contributed by atoms with van der Waals surface area (Å²) < 4.78 is 13.5. The average Bonchev–Trinajstić information content (AvgIpc) is 2.65. The first-order chi connectivity index (χ1) is 8.70. The van der Waals surface area contributed by atoms with E-state index in [9.17, 15) is 4.39 Å². The lowest BCUT2D eigenvalue weighted by Crippen LogP contribution is -2.31. The predicted octanol–water partition coefficient (Wildman–Crippen LogP) is 3.44. The maximum absolute atomic E-state index is 13.5. The van der Waals surface area contributed by atoms with Crippen LogP contribution in [0.3, 0.4) is 0 Å². The van der Waals surface area contributed by atoms with Crippen LogP contribution in [0.4, 0.5) is 10.1 Å². The van der Waals surface area contributed by atoms with Crippen molar-refractivity contribution in [3.05, 3.63) is 29.6 Å². The van der Waals surface area contributed by atoms with Crippen LogP contribution in [0.1, 0.15) is 44.1 Å². The smallest absolute Gasteiger partial charge is 0.125 e. The Hall–Kier alpha value is -1.09. The Bertz CT molecular complexity index is 384. The second-order valence-electron chi connectivity index (χ2n) is 5.28. The Balaban J connectivity index is 2.15. The fraction of sp³-hybridized carbons (Fsp3) is 0.600. The summed E-state index contributed by atoms with van der Waals surface area (Å²) in [5.41, 5.74) is 7.43. The van der Waals surface area contributed by atoms with Gasteiger partial charge in [0, 0.05) is 25.3 Å². The fourth-order valence-electron chi connectivity index (χ4n) is 2.81. The molecule has 2 N–H and O–H groups in total. The van der Waals surface area contributed by atoms with Crippen molar-refractivity contribution in [2.24, 2.45) is 5.73 Å². The van der Waals surface area contributed by atoms with E-state index in [0.717, 1.165) is 11.3 Å². The first-order valence-corrected chi connectivity index (χ1v) is 6.93. The Morgan fingerprint density at radius 2 is 1.83 bits per heavy atom. The van der Waals surface area contributed by atoms with Gasteiger partial charge in [0.1, 0.15) is 5.82 Å². The van der Waals surface area contributed by atoms with Gasteiger partial charge in [-0.25, -0.2) is 4.39 Å². The molecule has 0 unspecified atom stereocenters. The number of nitrogens with zero attached hydrogens (tertiary/aromatic N) is 1. The normalized spacial score (nSPS) is 17.5. The van der Waals surface area contributed by atoms with Crippen LogP contribution >= 0.6 is 0 Å². The summed E-state index contributed by atoms with van der Waals surface area (Å²) in [6.07, 6.45) is 7.67. The molecule has 1 aliphatic carbocycles. The minimum atomic E-state index is -0.187. The van der Waals surface area contributed by atoms with Gasteiger partial charge in [0.05, 0.1) is 0 Å². The summed E-state index contributed by atoms with van der Waals surface area (Å²) in [4.78, 5) is 2.23. The third-order valence-electron chi connectivity index (χ3n) is 3.96. The van der Waals surface area contributed by atoms with Crippen LogP contribution in [0.5, 0.6) is 0 Å². The van der Waals surface area contributed by atoms with Gasteiger partial charge in [0.15, 0.2) is 0 Å². The molecule has 0 saturated heterocycles. The average molecular weight is 250 g/mol. The topological polar surface area (TPSA) is 29.3 Å². The van der Waals surface area contributed by atoms with Crippen LogP contribution in [-0.4, -0.2) is 13.1 Å². The summed E-state index contributed by atoms with van der Waals surface area (Å²) in [5, 5.41) is 0. The van der Waals surface area contributed by atoms with E-state index >= 15 is 0 Å². The second-order valence-corrected chi connectivity index (χ2v) is 5.28. The van der Waals surface area contributed by atoms with Crippen LogP contribution in [0.25, 0.3) is 0 Å². The maximum atomic E-state index is 13.5. The molecule has 0 heterocycles. The largest absolute Gasteiger partial charge is 0.372 e. The van der Waals surface area contributed by atoms with E-state index in [1.807, 2.05) is 6.07 Å². The Morgan fingerprint density at radius 1 is 1.17 bits per heavy atom. The van der Waals surface area contributed by atoms with E-state index < -0.39 is 0 Å². The molecule has 1 aliphatic rings. The van der Waals surface area contributed by atoms with Crippen LogP contribution in [-0.2, 0) is 6.54 Å². The lowest BCUT2D eigenvalue weighted by Gasteiger charge is -2.29. The summed E-state index contributed by atoms with van der Waals surface area (Å²) in [5.74, 6) is -0.187. The van der Waals surface area contributed by atoms with E-state index in [1.165, 1.54) is 44.6 Å². The van der Waals surface area contributed by atoms with Gasteiger partial charge < -0.3 is 10.6 Å². The molecule has 0 bridgehead atoms. The van der Waals surface area contributed by atoms with E-state index in [4.69, 9.17) is 5.73 Å². The van der Waals surface area contributed by atoms with Gasteiger partial charge in [-0.2, -0.15) is 0 Å². The highest BCUT2D eigenvalue weighted by atomic mass is 19.1. The molecule has 0 aliphatic heterocycles. The van der Waals surface area contributed by atoms with Gasteiger partial charge in [0.25, 0.3) is 0 Å². The predicted molar refractivity (Wildman–Crippen MR) is 74.2 cm³/mol. The van der Waals surface area contributed by atoms with Gasteiger partial charge >= 0.3 is 0 Å². The van der Waals surface area contributed by atoms with Crippen molar-refractivity contribution < 1.29 is 4.39 Å². The molecular weight excluding hydrogens is 227 g/mol. The van der Waals surface area contributed by atoms with E-state index in [-0.39, 0.29) is 5.82 Å². The molecule has 0 aromatic heterocycles. The summed E-state index contributed by atoms with van der Waals surface area (Å²) in [6, 6.07) is 5.68. The third-order valence-corrected chi connectivity index (χ3v) is 3.96. The van der Waals surface area contributed by atoms with Gasteiger partial charge in [-0.15, -0.1) is 0 Å². The lowest BCUT2D eigenvalue weighted by molar-refractivity contribution is 0.550. The summed E-state index contributed by atoms with van der Waals surface area (Å²) in [7, 11) is 2.07. The second kappa shape index (κ2) is 6.19. The maximum Gasteiger partial charge on any atom is 0.125 e. The van der Waals surface area contributed by atoms with Crippen molar-refractivity contribution >= 4 is 5.69 Å². The van der Waals surface area contributed by atoms with Gasteiger partial charge in [-0.05, 0) is 36.6 Å². The highest BCUT2D eigenvalue weighted by molar-refractivity contribution is 5.49. The van der Waals surface area contributed by atoms with Crippen molar-refractivity contribution in [1.82, 2.24) is 0 Å². The molecule has 0 spiro atoms. The summed E-state index contributed by atoms with van der Waals surface area (Å²) in [6.45, 7) is 0.392. The Labute approximate surface area is 109 Å². The molecule has 2 rings (SSSR count). The molecule has 1 saturated carbocycles. The van der Waals surface area contributed by atoms with Crippen molar-refractivity contribution in [3.63, 3.8) is 0 Å². The molecular formula is C15H23FN2. The van der Waals surface area contributed by atoms with Crippen LogP contribution in [0.2, 0.25) is 0 Å². The lowest BCUT2D eigenvalue weighted by atomic mass is 10.1. The number of anilines is 1. The summed E-state index contributed by atoms with van der Waals surface area (Å²) >= 11 is 0. The Kier molecular flexibility index (Phi) is 4.59. The van der Waals surface area contributed by atoms with Crippen molar-refractivity contribution in [3.8, 4) is 0 Å². The monoisotopic (exact) mass is 250 g/mol. The first kappa shape index (κ1) is 13.3. The number of nitrogens with two attached hydrogens (primary N) is 1. The number of hydrogen-bond donors (Lipinski definition) is 1. The zero-order valence-electron chi connectivity index (χ0n) is 11.2. The third kappa shape index (κ3) is 3.22. The van der Waals surface area contributed by atoms with Crippen LogP contribution in [0, 0.1) is 5.82 Å². The first-order valence-electron chi connectivity index (χ1n) is 6.93. The molecule has 0 atom stereocenters. The zero-order valence-corrected chi connectivity index (χ0v) is 11.2. The minimum absolute atomic E-state index is 0.187.